The molecule has 0 aliphatic rings. The predicted molar refractivity (Wildman–Crippen MR) is 163 cm³/mol. The van der Waals surface area contributed by atoms with Crippen molar-refractivity contribution in [2.24, 2.45) is 40.6 Å². The molecule has 1 rings (SSSR count). The second kappa shape index (κ2) is 17.4. The Morgan fingerprint density at radius 2 is 0.725 bits per heavy atom. The fraction of sp³-hybridized carbons (Fsp3) is 0.500. The van der Waals surface area contributed by atoms with Crippen molar-refractivity contribution < 1.29 is 20.8 Å². The molecule has 4 N–H and O–H groups in total. The van der Waals surface area contributed by atoms with Gasteiger partial charge in [0.25, 0.3) is 0 Å². The van der Waals surface area contributed by atoms with Crippen molar-refractivity contribution in [1.82, 2.24) is 0 Å². The largest absolute Gasteiger partial charge is 0.411 e. The lowest BCUT2D eigenvalue weighted by Gasteiger charge is -2.19. The van der Waals surface area contributed by atoms with E-state index in [0.717, 1.165) is 11.1 Å². The molecule has 40 heavy (non-hydrogen) atoms. The molecule has 12 nitrogen and oxygen atoms in total. The van der Waals surface area contributed by atoms with Gasteiger partial charge in [-0.15, -0.1) is 0 Å². The smallest absolute Gasteiger partial charge is 0.0971 e. The predicted octanol–water partition coefficient (Wildman–Crippen LogP) is 5.10. The lowest BCUT2D eigenvalue weighted by atomic mass is 9.92. The second-order valence-electron chi connectivity index (χ2n) is 9.51. The van der Waals surface area contributed by atoms with Gasteiger partial charge in [-0.3, -0.25) is 20.0 Å². The van der Waals surface area contributed by atoms with Crippen LogP contribution >= 0.6 is 0 Å². The van der Waals surface area contributed by atoms with E-state index in [9.17, 15) is 0 Å². The Morgan fingerprint density at radius 3 is 0.950 bits per heavy atom. The first-order valence-corrected chi connectivity index (χ1v) is 12.9. The van der Waals surface area contributed by atoms with Crippen LogP contribution in [0.15, 0.2) is 64.9 Å². The van der Waals surface area contributed by atoms with E-state index in [1.54, 1.807) is 55.4 Å². The highest BCUT2D eigenvalue weighted by molar-refractivity contribution is 6.41. The Labute approximate surface area is 236 Å². The first-order valence-electron chi connectivity index (χ1n) is 12.9. The van der Waals surface area contributed by atoms with Crippen molar-refractivity contribution in [1.29, 1.82) is 0 Å². The third kappa shape index (κ3) is 10.9. The molecule has 1 aromatic carbocycles. The lowest BCUT2D eigenvalue weighted by molar-refractivity contribution is 0.319. The number of hydrogen-bond donors (Lipinski definition) is 4. The number of oxime groups is 4. The van der Waals surface area contributed by atoms with Gasteiger partial charge in [-0.1, -0.05) is 44.9 Å². The summed E-state index contributed by atoms with van der Waals surface area (Å²) in [6, 6.07) is 8.07. The van der Waals surface area contributed by atoms with E-state index in [2.05, 4.69) is 46.7 Å². The molecule has 0 aromatic heterocycles. The first kappa shape index (κ1) is 33.8. The fourth-order valence-electron chi connectivity index (χ4n) is 3.34. The molecular weight excluding hydrogens is 512 g/mol. The zero-order valence-corrected chi connectivity index (χ0v) is 24.7. The number of rotatable bonds is 14. The van der Waals surface area contributed by atoms with Crippen molar-refractivity contribution in [2.75, 3.05) is 26.2 Å². The van der Waals surface area contributed by atoms with Crippen LogP contribution in [0.4, 0.5) is 0 Å². The summed E-state index contributed by atoms with van der Waals surface area (Å²) in [5, 5.41) is 49.4. The standard InChI is InChI=1S/C28H42N8O4/c1-17(21(5)33-37)29-13-27(14-30-18(2)22(6)34-38)25-10-9-11-26(12-25)28(15-31-19(3)23(7)35-39)16-32-20(4)24(8)36-40/h9-12,27-28,37-40H,13-16H2,1-8H3/b29-17?,30-18?,31-19?,32-20?,33-21+,34-22+,35-23+,36-24+. The van der Waals surface area contributed by atoms with Crippen LogP contribution in [0.25, 0.3) is 0 Å². The fourth-order valence-corrected chi connectivity index (χ4v) is 3.34. The van der Waals surface area contributed by atoms with Crippen LogP contribution in [0.5, 0.6) is 0 Å². The summed E-state index contributed by atoms with van der Waals surface area (Å²) >= 11 is 0. The van der Waals surface area contributed by atoms with E-state index >= 15 is 0 Å². The number of benzene rings is 1. The van der Waals surface area contributed by atoms with Crippen LogP contribution in [-0.4, -0.2) is 92.7 Å². The average Bonchev–Trinajstić information content (AvgIpc) is 2.98. The monoisotopic (exact) mass is 554 g/mol. The summed E-state index contributed by atoms with van der Waals surface area (Å²) < 4.78 is 0. The zero-order chi connectivity index (χ0) is 30.2. The number of nitrogens with zero attached hydrogens (tertiary/aromatic N) is 8. The van der Waals surface area contributed by atoms with E-state index in [1.807, 2.05) is 18.2 Å². The van der Waals surface area contributed by atoms with E-state index in [0.29, 0.717) is 71.9 Å². The molecule has 0 aliphatic carbocycles. The molecule has 1 aromatic rings. The van der Waals surface area contributed by atoms with Crippen LogP contribution in [0.1, 0.15) is 78.4 Å². The maximum atomic E-state index is 9.11. The minimum Gasteiger partial charge on any atom is -0.411 e. The highest BCUT2D eigenvalue weighted by atomic mass is 16.4. The molecule has 0 fully saturated rings. The third-order valence-corrected chi connectivity index (χ3v) is 6.74. The molecule has 0 radical (unpaired) electrons. The van der Waals surface area contributed by atoms with Crippen LogP contribution in [0.3, 0.4) is 0 Å². The molecular formula is C28H42N8O4. The molecule has 0 aliphatic heterocycles. The minimum absolute atomic E-state index is 0.119. The van der Waals surface area contributed by atoms with Gasteiger partial charge in [0.1, 0.15) is 0 Å². The summed E-state index contributed by atoms with van der Waals surface area (Å²) in [6.07, 6.45) is 0. The van der Waals surface area contributed by atoms with Gasteiger partial charge >= 0.3 is 0 Å². The van der Waals surface area contributed by atoms with E-state index in [-0.39, 0.29) is 11.8 Å². The van der Waals surface area contributed by atoms with Crippen LogP contribution < -0.4 is 0 Å². The number of aliphatic imine (C=N–C) groups is 4. The molecule has 0 saturated carbocycles. The Hall–Kier alpha value is -4.22. The molecule has 0 amide bonds. The van der Waals surface area contributed by atoms with Gasteiger partial charge in [0.05, 0.1) is 45.7 Å². The van der Waals surface area contributed by atoms with Gasteiger partial charge in [-0.05, 0) is 66.5 Å². The van der Waals surface area contributed by atoms with Crippen molar-refractivity contribution >= 4 is 45.7 Å². The molecule has 0 spiro atoms. The van der Waals surface area contributed by atoms with Crippen LogP contribution in [0, 0.1) is 0 Å². The molecule has 218 valence electrons. The Morgan fingerprint density at radius 1 is 0.475 bits per heavy atom. The Kier molecular flexibility index (Phi) is 14.7. The van der Waals surface area contributed by atoms with Gasteiger partial charge in [-0.25, -0.2) is 0 Å². The van der Waals surface area contributed by atoms with E-state index in [1.165, 1.54) is 0 Å². The molecule has 0 bridgehead atoms. The van der Waals surface area contributed by atoms with Crippen LogP contribution in [0.2, 0.25) is 0 Å². The SMILES string of the molecule is CC(=NCC(CN=C(C)/C(C)=N/O)c1cccc(C(CN=C(C)/C(C)=N/O)CN=C(C)/C(C)=N/O)c1)/C(C)=N/O. The lowest BCUT2D eigenvalue weighted by Crippen LogP contribution is -2.16. The zero-order valence-electron chi connectivity index (χ0n) is 24.7. The quantitative estimate of drug-likeness (QED) is 0.142. The van der Waals surface area contributed by atoms with Crippen molar-refractivity contribution in [3.05, 3.63) is 35.4 Å². The summed E-state index contributed by atoms with van der Waals surface area (Å²) in [4.78, 5) is 18.5. The highest BCUT2D eigenvalue weighted by Gasteiger charge is 2.17. The Balaban J connectivity index is 3.54. The van der Waals surface area contributed by atoms with Gasteiger partial charge < -0.3 is 20.8 Å². The maximum absolute atomic E-state index is 9.11. The van der Waals surface area contributed by atoms with Gasteiger partial charge in [0.15, 0.2) is 0 Å². The first-order chi connectivity index (χ1) is 19.0. The minimum atomic E-state index is -0.119. The summed E-state index contributed by atoms with van der Waals surface area (Å²) in [6.45, 7) is 15.4. The molecule has 0 atom stereocenters. The van der Waals surface area contributed by atoms with Crippen LogP contribution in [-0.2, 0) is 0 Å². The molecule has 0 saturated heterocycles. The average molecular weight is 555 g/mol. The summed E-state index contributed by atoms with van der Waals surface area (Å²) in [5.74, 6) is -0.238. The topological polar surface area (TPSA) is 180 Å². The number of hydrogen-bond acceptors (Lipinski definition) is 12. The highest BCUT2D eigenvalue weighted by Crippen LogP contribution is 2.24. The Bertz CT molecular complexity index is 1080. The van der Waals surface area contributed by atoms with Crippen molar-refractivity contribution in [2.45, 2.75) is 67.2 Å². The normalized spacial score (nSPS) is 16.8. The van der Waals surface area contributed by atoms with Gasteiger partial charge in [0.2, 0.25) is 0 Å². The van der Waals surface area contributed by atoms with E-state index in [4.69, 9.17) is 20.8 Å². The molecule has 0 heterocycles. The van der Waals surface area contributed by atoms with Gasteiger partial charge in [-0.2, -0.15) is 0 Å². The summed E-state index contributed by atoms with van der Waals surface area (Å²) in [7, 11) is 0. The second-order valence-corrected chi connectivity index (χ2v) is 9.51. The van der Waals surface area contributed by atoms with Crippen molar-refractivity contribution in [3.63, 3.8) is 0 Å². The third-order valence-electron chi connectivity index (χ3n) is 6.74. The maximum Gasteiger partial charge on any atom is 0.0971 e. The van der Waals surface area contributed by atoms with Gasteiger partial charge in [0, 0.05) is 38.0 Å². The van der Waals surface area contributed by atoms with Crippen molar-refractivity contribution in [3.8, 4) is 0 Å². The molecule has 0 unspecified atom stereocenters. The summed E-state index contributed by atoms with van der Waals surface area (Å²) in [5.41, 5.74) is 6.18. The molecule has 12 heteroatoms. The van der Waals surface area contributed by atoms with E-state index < -0.39 is 0 Å².